The number of carbonyl (C=O) groups is 1. The Labute approximate surface area is 186 Å². The van der Waals surface area contributed by atoms with Gasteiger partial charge < -0.3 is 24.4 Å². The maximum absolute atomic E-state index is 11.5. The van der Waals surface area contributed by atoms with Gasteiger partial charge in [-0.2, -0.15) is 4.98 Å². The average molecular weight is 438 g/mol. The average Bonchev–Trinajstić information content (AvgIpc) is 3.44. The minimum atomic E-state index is -0.904. The van der Waals surface area contributed by atoms with E-state index in [-0.39, 0.29) is 13.3 Å². The minimum Gasteiger partial charge on any atom is -0.480 e. The van der Waals surface area contributed by atoms with Gasteiger partial charge in [0.1, 0.15) is 18.7 Å². The van der Waals surface area contributed by atoms with Crippen molar-refractivity contribution in [3.05, 3.63) is 54.2 Å². The molecule has 0 saturated heterocycles. The van der Waals surface area contributed by atoms with Crippen LogP contribution in [0.1, 0.15) is 17.7 Å². The molecule has 1 aliphatic heterocycles. The summed E-state index contributed by atoms with van der Waals surface area (Å²) in [5, 5.41) is 9.42. The van der Waals surface area contributed by atoms with Crippen LogP contribution in [0.2, 0.25) is 0 Å². The van der Waals surface area contributed by atoms with Gasteiger partial charge in [-0.15, -0.1) is 0 Å². The van der Waals surface area contributed by atoms with E-state index in [0.717, 1.165) is 42.3 Å². The van der Waals surface area contributed by atoms with Crippen molar-refractivity contribution in [2.75, 3.05) is 38.4 Å². The van der Waals surface area contributed by atoms with E-state index in [2.05, 4.69) is 19.9 Å². The first kappa shape index (κ1) is 21.6. The zero-order valence-corrected chi connectivity index (χ0v) is 18.1. The highest BCUT2D eigenvalue weighted by Gasteiger charge is 2.16. The molecule has 32 heavy (non-hydrogen) atoms. The molecule has 0 fully saturated rings. The van der Waals surface area contributed by atoms with Crippen molar-refractivity contribution in [2.45, 2.75) is 19.9 Å². The summed E-state index contributed by atoms with van der Waals surface area (Å²) in [6, 6.07) is 7.76. The van der Waals surface area contributed by atoms with Crippen LogP contribution in [0.25, 0.3) is 5.95 Å². The predicted molar refractivity (Wildman–Crippen MR) is 117 cm³/mol. The molecular weight excluding hydrogens is 412 g/mol. The predicted octanol–water partition coefficient (Wildman–Crippen LogP) is 2.11. The molecule has 168 valence electrons. The number of hydrogen-bond acceptors (Lipinski definition) is 8. The highest BCUT2D eigenvalue weighted by atomic mass is 16.7. The third kappa shape index (κ3) is 5.33. The van der Waals surface area contributed by atoms with Gasteiger partial charge in [-0.05, 0) is 44.6 Å². The third-order valence-corrected chi connectivity index (χ3v) is 5.07. The van der Waals surface area contributed by atoms with Gasteiger partial charge in [0.25, 0.3) is 0 Å². The van der Waals surface area contributed by atoms with E-state index in [1.165, 1.54) is 0 Å². The Morgan fingerprint density at radius 3 is 2.81 bits per heavy atom. The first-order valence-electron chi connectivity index (χ1n) is 10.4. The summed E-state index contributed by atoms with van der Waals surface area (Å²) in [7, 11) is 2.04. The highest BCUT2D eigenvalue weighted by molar-refractivity contribution is 5.73. The molecule has 0 saturated carbocycles. The molecule has 0 atom stereocenters. The summed E-state index contributed by atoms with van der Waals surface area (Å²) in [5.74, 6) is 1.70. The lowest BCUT2D eigenvalue weighted by molar-refractivity contribution is -0.135. The van der Waals surface area contributed by atoms with Gasteiger partial charge in [0.2, 0.25) is 12.7 Å². The van der Waals surface area contributed by atoms with E-state index < -0.39 is 5.97 Å². The van der Waals surface area contributed by atoms with Crippen LogP contribution in [-0.4, -0.2) is 69.0 Å². The number of aryl methyl sites for hydroxylation is 1. The summed E-state index contributed by atoms with van der Waals surface area (Å²) >= 11 is 0. The quantitative estimate of drug-likeness (QED) is 0.509. The maximum atomic E-state index is 11.5. The molecule has 2 aromatic heterocycles. The molecule has 1 aliphatic rings. The Balaban J connectivity index is 1.38. The molecule has 0 bridgehead atoms. The van der Waals surface area contributed by atoms with Crippen LogP contribution in [0.5, 0.6) is 11.5 Å². The molecule has 0 radical (unpaired) electrons. The molecular formula is C22H26N6O4. The van der Waals surface area contributed by atoms with Gasteiger partial charge in [0.05, 0.1) is 0 Å². The molecule has 0 aliphatic carbocycles. The summed E-state index contributed by atoms with van der Waals surface area (Å²) in [5.41, 5.74) is 1.89. The molecule has 1 N–H and O–H groups in total. The normalized spacial score (nSPS) is 12.3. The van der Waals surface area contributed by atoms with Gasteiger partial charge >= 0.3 is 5.97 Å². The van der Waals surface area contributed by atoms with Crippen molar-refractivity contribution in [1.29, 1.82) is 0 Å². The van der Waals surface area contributed by atoms with E-state index in [0.29, 0.717) is 18.3 Å². The van der Waals surface area contributed by atoms with E-state index in [4.69, 9.17) is 9.47 Å². The van der Waals surface area contributed by atoms with Crippen molar-refractivity contribution in [3.63, 3.8) is 0 Å². The van der Waals surface area contributed by atoms with Crippen LogP contribution >= 0.6 is 0 Å². The van der Waals surface area contributed by atoms with Crippen molar-refractivity contribution in [1.82, 2.24) is 24.4 Å². The van der Waals surface area contributed by atoms with Crippen molar-refractivity contribution in [2.24, 2.45) is 0 Å². The molecule has 3 aromatic rings. The van der Waals surface area contributed by atoms with Crippen LogP contribution < -0.4 is 14.4 Å². The zero-order chi connectivity index (χ0) is 22.5. The second-order valence-electron chi connectivity index (χ2n) is 7.73. The van der Waals surface area contributed by atoms with Crippen molar-refractivity contribution < 1.29 is 19.4 Å². The van der Waals surface area contributed by atoms with Crippen molar-refractivity contribution >= 4 is 11.8 Å². The third-order valence-electron chi connectivity index (χ3n) is 5.07. The highest BCUT2D eigenvalue weighted by Crippen LogP contribution is 2.32. The largest absolute Gasteiger partial charge is 0.480 e. The van der Waals surface area contributed by atoms with Crippen LogP contribution in [-0.2, 0) is 11.3 Å². The van der Waals surface area contributed by atoms with Crippen LogP contribution in [0.15, 0.2) is 43.0 Å². The number of fused-ring (bicyclic) bond motifs is 1. The molecule has 4 rings (SSSR count). The Kier molecular flexibility index (Phi) is 6.50. The van der Waals surface area contributed by atoms with Crippen LogP contribution in [0.4, 0.5) is 5.82 Å². The summed E-state index contributed by atoms with van der Waals surface area (Å²) < 4.78 is 12.5. The van der Waals surface area contributed by atoms with Crippen molar-refractivity contribution in [3.8, 4) is 17.4 Å². The fourth-order valence-electron chi connectivity index (χ4n) is 3.59. The number of nitrogens with zero attached hydrogens (tertiary/aromatic N) is 6. The molecule has 0 spiro atoms. The standard InChI is InChI=1S/C22H26N6O4/c1-16-10-20(25-22(24-16)28-9-6-23-14-28)27(13-21(29)30)8-3-7-26(2)12-17-4-5-18-19(11-17)32-15-31-18/h4-6,9-11,14H,3,7-8,12-13,15H2,1-2H3,(H,29,30). The molecule has 0 amide bonds. The Morgan fingerprint density at radius 1 is 1.19 bits per heavy atom. The number of rotatable bonds is 10. The SMILES string of the molecule is Cc1cc(N(CCCN(C)Cc2ccc3c(c2)OCO3)CC(=O)O)nc(-n2ccnc2)n1. The fraction of sp³-hybridized carbons (Fsp3) is 0.364. The lowest BCUT2D eigenvalue weighted by Crippen LogP contribution is -2.33. The smallest absolute Gasteiger partial charge is 0.323 e. The van der Waals surface area contributed by atoms with Gasteiger partial charge in [-0.1, -0.05) is 6.07 Å². The molecule has 1 aromatic carbocycles. The van der Waals surface area contributed by atoms with Crippen LogP contribution in [0.3, 0.4) is 0 Å². The van der Waals surface area contributed by atoms with Gasteiger partial charge in [-0.3, -0.25) is 9.36 Å². The minimum absolute atomic E-state index is 0.133. The van der Waals surface area contributed by atoms with E-state index in [1.54, 1.807) is 34.3 Å². The number of imidazole rings is 1. The van der Waals surface area contributed by atoms with Gasteiger partial charge in [-0.25, -0.2) is 9.97 Å². The molecule has 3 heterocycles. The van der Waals surface area contributed by atoms with E-state index in [1.807, 2.05) is 32.2 Å². The lowest BCUT2D eigenvalue weighted by atomic mass is 10.2. The Hall–Kier alpha value is -3.66. The number of aromatic nitrogens is 4. The number of aliphatic carboxylic acids is 1. The number of carboxylic acids is 1. The second kappa shape index (κ2) is 9.65. The Bertz CT molecular complexity index is 1070. The summed E-state index contributed by atoms with van der Waals surface area (Å²) in [4.78, 5) is 28.5. The lowest BCUT2D eigenvalue weighted by Gasteiger charge is -2.24. The summed E-state index contributed by atoms with van der Waals surface area (Å²) in [6.45, 7) is 4.10. The van der Waals surface area contributed by atoms with Gasteiger partial charge in [0, 0.05) is 37.2 Å². The molecule has 10 nitrogen and oxygen atoms in total. The van der Waals surface area contributed by atoms with E-state index in [9.17, 15) is 9.90 Å². The first-order valence-corrected chi connectivity index (χ1v) is 10.4. The molecule has 0 unspecified atom stereocenters. The monoisotopic (exact) mass is 438 g/mol. The molecule has 10 heteroatoms. The number of benzene rings is 1. The Morgan fingerprint density at radius 2 is 2.03 bits per heavy atom. The summed E-state index contributed by atoms with van der Waals surface area (Å²) in [6.07, 6.45) is 5.80. The van der Waals surface area contributed by atoms with E-state index >= 15 is 0 Å². The number of hydrogen-bond donors (Lipinski definition) is 1. The van der Waals surface area contributed by atoms with Gasteiger partial charge in [0.15, 0.2) is 11.5 Å². The zero-order valence-electron chi connectivity index (χ0n) is 18.1. The number of anilines is 1. The fourth-order valence-corrected chi connectivity index (χ4v) is 3.59. The number of ether oxygens (including phenoxy) is 2. The number of carboxylic acid groups (broad SMARTS) is 1. The first-order chi connectivity index (χ1) is 15.5. The van der Waals surface area contributed by atoms with Crippen LogP contribution in [0, 0.1) is 6.92 Å². The second-order valence-corrected chi connectivity index (χ2v) is 7.73. The maximum Gasteiger partial charge on any atom is 0.323 e. The topological polar surface area (TPSA) is 106 Å².